The highest BCUT2D eigenvalue weighted by Gasteiger charge is 2.58. The van der Waals surface area contributed by atoms with E-state index >= 15 is 0 Å². The topological polar surface area (TPSA) is 263 Å². The first-order chi connectivity index (χ1) is 14.4. The van der Waals surface area contributed by atoms with Gasteiger partial charge in [-0.15, -0.1) is 6.42 Å². The number of aliphatic hydroxyl groups is 1. The molecule has 0 spiro atoms. The highest BCUT2D eigenvalue weighted by atomic mass is 35.5. The van der Waals surface area contributed by atoms with Crippen molar-refractivity contribution in [3.8, 4) is 12.3 Å². The molecule has 32 heavy (non-hydrogen) atoms. The molecule has 1 aromatic heterocycles. The number of nitrogens with zero attached hydrogens (tertiary/aromatic N) is 3. The maximum Gasteiger partial charge on any atom is 0.490 e. The van der Waals surface area contributed by atoms with Crippen LogP contribution in [-0.2, 0) is 31.6 Å². The van der Waals surface area contributed by atoms with Gasteiger partial charge < -0.3 is 35.2 Å². The van der Waals surface area contributed by atoms with Crippen molar-refractivity contribution in [2.24, 2.45) is 0 Å². The molecule has 0 bridgehead atoms. The molecule has 21 heteroatoms. The Kier molecular flexibility index (Phi) is 7.78. The quantitative estimate of drug-likeness (QED) is 0.129. The van der Waals surface area contributed by atoms with Gasteiger partial charge in [-0.05, 0) is 6.92 Å². The van der Waals surface area contributed by atoms with Crippen LogP contribution in [0.3, 0.4) is 0 Å². The summed E-state index contributed by atoms with van der Waals surface area (Å²) in [6.45, 7) is 1.02. The van der Waals surface area contributed by atoms with Gasteiger partial charge in [-0.2, -0.15) is 13.6 Å². The molecule has 0 amide bonds. The number of halogens is 1. The number of nitrogen functional groups attached to an aromatic ring is 1. The molecule has 0 saturated carbocycles. The molecule has 0 aromatic carbocycles. The van der Waals surface area contributed by atoms with Gasteiger partial charge >= 0.3 is 29.2 Å². The Morgan fingerprint density at radius 1 is 1.31 bits per heavy atom. The Balaban J connectivity index is 2.27. The first-order valence-corrected chi connectivity index (χ1v) is 12.8. The van der Waals surface area contributed by atoms with Gasteiger partial charge in [0.2, 0.25) is 5.95 Å². The van der Waals surface area contributed by atoms with Gasteiger partial charge in [-0.1, -0.05) is 17.5 Å². The highest BCUT2D eigenvalue weighted by molar-refractivity contribution is 7.66. The highest BCUT2D eigenvalue weighted by Crippen LogP contribution is 2.66. The number of anilines is 1. The minimum absolute atomic E-state index is 0.386. The lowest BCUT2D eigenvalue weighted by Gasteiger charge is -2.26. The van der Waals surface area contributed by atoms with E-state index in [1.807, 2.05) is 5.92 Å². The van der Waals surface area contributed by atoms with Crippen LogP contribution in [0.4, 0.5) is 5.95 Å². The number of nitrogens with two attached hydrogens (primary N) is 1. The molecule has 7 N–H and O–H groups in total. The number of phosphoric acid groups is 3. The fraction of sp³-hybridized carbons (Fsp3) is 0.545. The minimum atomic E-state index is -5.78. The Morgan fingerprint density at radius 3 is 2.41 bits per heavy atom. The van der Waals surface area contributed by atoms with Crippen LogP contribution in [0.5, 0.6) is 0 Å². The normalized spacial score (nSPS) is 30.8. The van der Waals surface area contributed by atoms with Crippen LogP contribution in [0.2, 0.25) is 0 Å². The first-order valence-electron chi connectivity index (χ1n) is 7.94. The zero-order valence-corrected chi connectivity index (χ0v) is 19.0. The van der Waals surface area contributed by atoms with Crippen LogP contribution >= 0.6 is 35.1 Å². The molecule has 180 valence electrons. The predicted molar refractivity (Wildman–Crippen MR) is 102 cm³/mol. The fourth-order valence-electron chi connectivity index (χ4n) is 2.58. The second-order valence-corrected chi connectivity index (χ2v) is 11.1. The summed E-state index contributed by atoms with van der Waals surface area (Å²) in [6, 6.07) is 0. The Labute approximate surface area is 183 Å². The third-order valence-corrected chi connectivity index (χ3v) is 8.23. The number of aliphatic hydroxyl groups excluding tert-OH is 1. The number of ether oxygens (including phenoxy) is 1. The van der Waals surface area contributed by atoms with Gasteiger partial charge in [0, 0.05) is 0 Å². The number of phosphoric ester groups is 1. The maximum atomic E-state index is 12.1. The van der Waals surface area contributed by atoms with Gasteiger partial charge in [-0.3, -0.25) is 9.09 Å². The Morgan fingerprint density at radius 2 is 1.91 bits per heavy atom. The van der Waals surface area contributed by atoms with Gasteiger partial charge in [0.05, 0.1) is 6.10 Å². The van der Waals surface area contributed by atoms with Crippen molar-refractivity contribution in [3.05, 3.63) is 16.8 Å². The van der Waals surface area contributed by atoms with Crippen molar-refractivity contribution in [1.82, 2.24) is 14.5 Å². The zero-order chi connectivity index (χ0) is 24.7. The van der Waals surface area contributed by atoms with E-state index in [0.717, 1.165) is 13.3 Å². The van der Waals surface area contributed by atoms with Crippen molar-refractivity contribution in [2.45, 2.75) is 36.3 Å². The summed E-state index contributed by atoms with van der Waals surface area (Å²) in [6.07, 6.45) is -0.601. The molecule has 0 radical (unpaired) electrons. The molecule has 1 aromatic rings. The van der Waals surface area contributed by atoms with Crippen molar-refractivity contribution < 1.29 is 56.3 Å². The summed E-state index contributed by atoms with van der Waals surface area (Å²) in [7, 11) is -16.9. The van der Waals surface area contributed by atoms with Crippen molar-refractivity contribution in [3.63, 3.8) is 0 Å². The minimum Gasteiger partial charge on any atom is -0.387 e. The second-order valence-electron chi connectivity index (χ2n) is 6.12. The van der Waals surface area contributed by atoms with E-state index in [1.54, 1.807) is 0 Å². The zero-order valence-electron chi connectivity index (χ0n) is 15.6. The van der Waals surface area contributed by atoms with Crippen LogP contribution in [-0.4, -0.2) is 62.4 Å². The third kappa shape index (κ3) is 6.22. The molecule has 2 heterocycles. The van der Waals surface area contributed by atoms with Gasteiger partial charge in [0.15, 0.2) is 11.1 Å². The average molecular weight is 541 g/mol. The van der Waals surface area contributed by atoms with E-state index < -0.39 is 58.6 Å². The summed E-state index contributed by atoms with van der Waals surface area (Å²) < 4.78 is 52.0. The number of aromatic nitrogens is 3. The summed E-state index contributed by atoms with van der Waals surface area (Å²) >= 11 is 6.24. The number of terminal acetylenes is 1. The van der Waals surface area contributed by atoms with Crippen molar-refractivity contribution in [1.29, 1.82) is 0 Å². The van der Waals surface area contributed by atoms with Gasteiger partial charge in [0.25, 0.3) is 0 Å². The summed E-state index contributed by atoms with van der Waals surface area (Å²) in [5.74, 6) is 1.64. The molecule has 1 fully saturated rings. The first kappa shape index (κ1) is 27.0. The molecule has 1 aliphatic heterocycles. The average Bonchev–Trinajstić information content (AvgIpc) is 2.84. The summed E-state index contributed by atoms with van der Waals surface area (Å²) in [5.41, 5.74) is 4.28. The summed E-state index contributed by atoms with van der Waals surface area (Å²) in [4.78, 5) is 52.8. The maximum absolute atomic E-state index is 12.1. The number of hydrogen-bond acceptors (Lipinski definition) is 12. The lowest BCUT2D eigenvalue weighted by atomic mass is 9.97. The molecule has 2 rings (SSSR count). The Bertz CT molecular complexity index is 1120. The van der Waals surface area contributed by atoms with Crippen LogP contribution in [0.25, 0.3) is 0 Å². The molecular formula is C11H16ClN4O13P3. The molecule has 17 nitrogen and oxygen atoms in total. The number of rotatable bonds is 8. The van der Waals surface area contributed by atoms with E-state index in [4.69, 9.17) is 38.3 Å². The van der Waals surface area contributed by atoms with E-state index in [-0.39, 0.29) is 5.95 Å². The molecule has 7 atom stereocenters. The predicted octanol–water partition coefficient (Wildman–Crippen LogP) is -1.18. The molecule has 1 saturated heterocycles. The fourth-order valence-corrected chi connectivity index (χ4v) is 6.07. The monoisotopic (exact) mass is 540 g/mol. The molecular weight excluding hydrogens is 525 g/mol. The van der Waals surface area contributed by atoms with E-state index in [2.05, 4.69) is 23.1 Å². The van der Waals surface area contributed by atoms with Gasteiger partial charge in [0.1, 0.15) is 18.5 Å². The second kappa shape index (κ2) is 9.21. The van der Waals surface area contributed by atoms with Crippen LogP contribution in [0, 0.1) is 12.3 Å². The van der Waals surface area contributed by atoms with Crippen LogP contribution in [0.15, 0.2) is 11.1 Å². The van der Waals surface area contributed by atoms with E-state index in [0.29, 0.717) is 4.57 Å². The lowest BCUT2D eigenvalue weighted by Crippen LogP contribution is -2.45. The van der Waals surface area contributed by atoms with Crippen molar-refractivity contribution >= 4 is 41.0 Å². The molecule has 4 unspecified atom stereocenters. The third-order valence-electron chi connectivity index (χ3n) is 3.78. The van der Waals surface area contributed by atoms with Crippen LogP contribution in [0.1, 0.15) is 13.2 Å². The van der Waals surface area contributed by atoms with E-state index in [9.17, 15) is 33.4 Å². The smallest absolute Gasteiger partial charge is 0.387 e. The van der Waals surface area contributed by atoms with Gasteiger partial charge in [-0.25, -0.2) is 23.5 Å². The standard InChI is InChI=1S/C11H16ClN4O13P3/c1-3-11(12)7(17)6(26-8(11)16-4-14-9(13)15-10(16)18)5(2)27-31(22,23)29-32(24,25)28-30(19,20)21/h1,4-8,17H,2H3,(H,22,23)(H,24,25)(H2,13,15,18)(H2,19,20,21)/t5-,6-,7?,8-,11?/m1/s1. The SMILES string of the molecule is C#CC1(Cl)C(O)[C@@H]([C@@H](C)OP(=O)(O)OP(=O)(O)OP(=O)(O)O)O[C@H]1n1cnc(N)nc1=O. The largest absolute Gasteiger partial charge is 0.490 e. The Hall–Kier alpha value is -1.21. The lowest BCUT2D eigenvalue weighted by molar-refractivity contribution is -0.0751. The molecule has 0 aliphatic carbocycles. The summed E-state index contributed by atoms with van der Waals surface area (Å²) in [5, 5.41) is 10.5. The van der Waals surface area contributed by atoms with Crippen LogP contribution < -0.4 is 11.4 Å². The van der Waals surface area contributed by atoms with E-state index in [1.165, 1.54) is 0 Å². The number of hydrogen-bond donors (Lipinski definition) is 6. The van der Waals surface area contributed by atoms with Crippen molar-refractivity contribution in [2.75, 3.05) is 5.73 Å². The molecule has 1 aliphatic rings. The number of alkyl halides is 1.